The van der Waals surface area contributed by atoms with Crippen molar-refractivity contribution in [3.63, 3.8) is 0 Å². The number of aryl methyl sites for hydroxylation is 1. The van der Waals surface area contributed by atoms with Crippen molar-refractivity contribution in [1.29, 1.82) is 0 Å². The maximum Gasteiger partial charge on any atom is 0.255 e. The van der Waals surface area contributed by atoms with Crippen LogP contribution in [0.15, 0.2) is 18.2 Å². The highest BCUT2D eigenvalue weighted by Gasteiger charge is 2.24. The van der Waals surface area contributed by atoms with Gasteiger partial charge in [0.05, 0.1) is 5.56 Å². The number of anilines is 1. The van der Waals surface area contributed by atoms with Crippen molar-refractivity contribution in [3.05, 3.63) is 29.3 Å². The fourth-order valence-corrected chi connectivity index (χ4v) is 2.86. The number of hydrogen-bond donors (Lipinski definition) is 1. The molecule has 1 saturated heterocycles. The molecule has 1 aromatic rings. The first kappa shape index (κ1) is 13.9. The predicted octanol–water partition coefficient (Wildman–Crippen LogP) is 3.23. The van der Waals surface area contributed by atoms with Crippen LogP contribution in [0.2, 0.25) is 0 Å². The fourth-order valence-electron chi connectivity index (χ4n) is 2.86. The molecule has 2 N–H and O–H groups in total. The van der Waals surface area contributed by atoms with Gasteiger partial charge in [0.15, 0.2) is 0 Å². The third kappa shape index (κ3) is 3.28. The van der Waals surface area contributed by atoms with E-state index in [1.165, 1.54) is 12.8 Å². The fraction of sp³-hybridized carbons (Fsp3) is 0.562. The Morgan fingerprint density at radius 2 is 2.05 bits per heavy atom. The highest BCUT2D eigenvalue weighted by atomic mass is 16.2. The van der Waals surface area contributed by atoms with Gasteiger partial charge in [-0.3, -0.25) is 4.79 Å². The summed E-state index contributed by atoms with van der Waals surface area (Å²) in [6, 6.07) is 5.67. The Bertz CT molecular complexity index is 448. The van der Waals surface area contributed by atoms with Gasteiger partial charge in [-0.1, -0.05) is 31.4 Å². The maximum absolute atomic E-state index is 12.5. The minimum Gasteiger partial charge on any atom is -0.398 e. The highest BCUT2D eigenvalue weighted by molar-refractivity contribution is 5.99. The van der Waals surface area contributed by atoms with E-state index in [2.05, 4.69) is 6.92 Å². The standard InChI is InChI=1S/C16H24N2O/c1-3-4-13-7-9-18(10-8-13)16(19)14-11-12(2)5-6-15(14)17/h5-6,11,13H,3-4,7-10,17H2,1-2H3. The van der Waals surface area contributed by atoms with Gasteiger partial charge in [0.2, 0.25) is 0 Å². The summed E-state index contributed by atoms with van der Waals surface area (Å²) in [5.41, 5.74) is 8.26. The van der Waals surface area contributed by atoms with E-state index < -0.39 is 0 Å². The van der Waals surface area contributed by atoms with Crippen LogP contribution in [0.1, 0.15) is 48.5 Å². The lowest BCUT2D eigenvalue weighted by Crippen LogP contribution is -2.38. The van der Waals surface area contributed by atoms with E-state index in [0.29, 0.717) is 11.3 Å². The normalized spacial score (nSPS) is 16.6. The Kier molecular flexibility index (Phi) is 4.46. The number of nitrogens with two attached hydrogens (primary N) is 1. The summed E-state index contributed by atoms with van der Waals surface area (Å²) in [5, 5.41) is 0. The number of likely N-dealkylation sites (tertiary alicyclic amines) is 1. The van der Waals surface area contributed by atoms with E-state index in [4.69, 9.17) is 5.73 Å². The first-order valence-electron chi connectivity index (χ1n) is 7.27. The minimum atomic E-state index is 0.0937. The van der Waals surface area contributed by atoms with Crippen LogP contribution in [0.4, 0.5) is 5.69 Å². The molecule has 1 fully saturated rings. The van der Waals surface area contributed by atoms with E-state index in [-0.39, 0.29) is 5.91 Å². The molecule has 0 unspecified atom stereocenters. The summed E-state index contributed by atoms with van der Waals surface area (Å²) in [4.78, 5) is 14.4. The van der Waals surface area contributed by atoms with Crippen LogP contribution in [0, 0.1) is 12.8 Å². The molecule has 1 aliphatic heterocycles. The first-order valence-corrected chi connectivity index (χ1v) is 7.27. The molecule has 0 bridgehead atoms. The number of amides is 1. The Morgan fingerprint density at radius 1 is 1.37 bits per heavy atom. The van der Waals surface area contributed by atoms with Crippen LogP contribution in [0.5, 0.6) is 0 Å². The van der Waals surface area contributed by atoms with Gasteiger partial charge in [-0.2, -0.15) is 0 Å². The summed E-state index contributed by atoms with van der Waals surface area (Å²) in [6.45, 7) is 5.96. The van der Waals surface area contributed by atoms with Crippen LogP contribution in [-0.4, -0.2) is 23.9 Å². The minimum absolute atomic E-state index is 0.0937. The van der Waals surface area contributed by atoms with Crippen LogP contribution in [0.3, 0.4) is 0 Å². The van der Waals surface area contributed by atoms with Crippen molar-refractivity contribution in [2.45, 2.75) is 39.5 Å². The zero-order chi connectivity index (χ0) is 13.8. The predicted molar refractivity (Wildman–Crippen MR) is 79.1 cm³/mol. The molecule has 2 rings (SSSR count). The van der Waals surface area contributed by atoms with Crippen LogP contribution in [0.25, 0.3) is 0 Å². The Balaban J connectivity index is 2.03. The van der Waals surface area contributed by atoms with Crippen LogP contribution < -0.4 is 5.73 Å². The number of rotatable bonds is 3. The molecule has 1 aromatic carbocycles. The molecule has 3 heteroatoms. The molecule has 0 saturated carbocycles. The van der Waals surface area contributed by atoms with Gasteiger partial charge in [-0.25, -0.2) is 0 Å². The van der Waals surface area contributed by atoms with Gasteiger partial charge >= 0.3 is 0 Å². The number of benzene rings is 1. The molecule has 0 spiro atoms. The van der Waals surface area contributed by atoms with E-state index >= 15 is 0 Å². The van der Waals surface area contributed by atoms with Crippen molar-refractivity contribution in [1.82, 2.24) is 4.90 Å². The van der Waals surface area contributed by atoms with E-state index in [1.54, 1.807) is 0 Å². The second-order valence-electron chi connectivity index (χ2n) is 5.61. The lowest BCUT2D eigenvalue weighted by molar-refractivity contribution is 0.0687. The van der Waals surface area contributed by atoms with Crippen molar-refractivity contribution in [2.75, 3.05) is 18.8 Å². The van der Waals surface area contributed by atoms with Crippen molar-refractivity contribution >= 4 is 11.6 Å². The van der Waals surface area contributed by atoms with Crippen molar-refractivity contribution in [3.8, 4) is 0 Å². The number of carbonyl (C=O) groups is 1. The summed E-state index contributed by atoms with van der Waals surface area (Å²) >= 11 is 0. The third-order valence-corrected chi connectivity index (χ3v) is 4.04. The van der Waals surface area contributed by atoms with Crippen LogP contribution >= 0.6 is 0 Å². The first-order chi connectivity index (χ1) is 9.11. The molecule has 19 heavy (non-hydrogen) atoms. The molecule has 0 radical (unpaired) electrons. The average molecular weight is 260 g/mol. The summed E-state index contributed by atoms with van der Waals surface area (Å²) in [5.74, 6) is 0.889. The second kappa shape index (κ2) is 6.09. The van der Waals surface area contributed by atoms with E-state index in [0.717, 1.165) is 37.4 Å². The van der Waals surface area contributed by atoms with Gasteiger partial charge in [0.1, 0.15) is 0 Å². The molecular formula is C16H24N2O. The van der Waals surface area contributed by atoms with E-state index in [9.17, 15) is 4.79 Å². The summed E-state index contributed by atoms with van der Waals surface area (Å²) in [7, 11) is 0. The monoisotopic (exact) mass is 260 g/mol. The van der Waals surface area contributed by atoms with Gasteiger partial charge in [-0.15, -0.1) is 0 Å². The number of nitrogens with zero attached hydrogens (tertiary/aromatic N) is 1. The molecule has 0 aromatic heterocycles. The molecule has 1 heterocycles. The Labute approximate surface area is 115 Å². The third-order valence-electron chi connectivity index (χ3n) is 4.04. The molecule has 0 atom stereocenters. The zero-order valence-corrected chi connectivity index (χ0v) is 12.0. The number of hydrogen-bond acceptors (Lipinski definition) is 2. The Morgan fingerprint density at radius 3 is 2.68 bits per heavy atom. The van der Waals surface area contributed by atoms with Crippen molar-refractivity contribution in [2.24, 2.45) is 5.92 Å². The molecular weight excluding hydrogens is 236 g/mol. The molecule has 3 nitrogen and oxygen atoms in total. The Hall–Kier alpha value is -1.51. The second-order valence-corrected chi connectivity index (χ2v) is 5.61. The maximum atomic E-state index is 12.5. The molecule has 1 amide bonds. The smallest absolute Gasteiger partial charge is 0.255 e. The summed E-state index contributed by atoms with van der Waals surface area (Å²) < 4.78 is 0. The van der Waals surface area contributed by atoms with E-state index in [1.807, 2.05) is 30.0 Å². The lowest BCUT2D eigenvalue weighted by Gasteiger charge is -2.32. The van der Waals surface area contributed by atoms with Crippen molar-refractivity contribution < 1.29 is 4.79 Å². The molecule has 0 aliphatic carbocycles. The number of carbonyl (C=O) groups excluding carboxylic acids is 1. The average Bonchev–Trinajstić information content (AvgIpc) is 2.42. The largest absolute Gasteiger partial charge is 0.398 e. The van der Waals surface area contributed by atoms with Gasteiger partial charge < -0.3 is 10.6 Å². The molecule has 1 aliphatic rings. The number of piperidine rings is 1. The number of nitrogen functional groups attached to an aromatic ring is 1. The zero-order valence-electron chi connectivity index (χ0n) is 12.0. The van der Waals surface area contributed by atoms with Crippen LogP contribution in [-0.2, 0) is 0 Å². The topological polar surface area (TPSA) is 46.3 Å². The van der Waals surface area contributed by atoms with Gasteiger partial charge in [-0.05, 0) is 37.8 Å². The lowest BCUT2D eigenvalue weighted by atomic mass is 9.92. The quantitative estimate of drug-likeness (QED) is 0.848. The summed E-state index contributed by atoms with van der Waals surface area (Å²) in [6.07, 6.45) is 4.79. The molecule has 104 valence electrons. The van der Waals surface area contributed by atoms with Gasteiger partial charge in [0.25, 0.3) is 5.91 Å². The van der Waals surface area contributed by atoms with Gasteiger partial charge in [0, 0.05) is 18.8 Å². The SMILES string of the molecule is CCCC1CCN(C(=O)c2cc(C)ccc2N)CC1. The highest BCUT2D eigenvalue weighted by Crippen LogP contribution is 2.24.